The van der Waals surface area contributed by atoms with Gasteiger partial charge in [-0.3, -0.25) is 0 Å². The van der Waals surface area contributed by atoms with E-state index in [1.54, 1.807) is 12.4 Å². The van der Waals surface area contributed by atoms with Crippen LogP contribution in [0.1, 0.15) is 25.7 Å². The molecular weight excluding hydrogens is 306 g/mol. The number of hydrogen-bond donors (Lipinski definition) is 1. The van der Waals surface area contributed by atoms with Gasteiger partial charge in [-0.15, -0.1) is 0 Å². The van der Waals surface area contributed by atoms with Crippen LogP contribution in [0.2, 0.25) is 0 Å². The van der Waals surface area contributed by atoms with Gasteiger partial charge in [-0.2, -0.15) is 0 Å². The van der Waals surface area contributed by atoms with Crippen LogP contribution < -0.4 is 10.2 Å². The van der Waals surface area contributed by atoms with Crippen LogP contribution in [0.5, 0.6) is 0 Å². The van der Waals surface area contributed by atoms with E-state index in [2.05, 4.69) is 20.2 Å². The molecule has 3 heterocycles. The van der Waals surface area contributed by atoms with E-state index in [1.165, 1.54) is 0 Å². The molecule has 0 aliphatic carbocycles. The Balaban J connectivity index is 1.46. The van der Waals surface area contributed by atoms with Crippen LogP contribution in [0.25, 0.3) is 0 Å². The molecule has 2 aliphatic rings. The topological polar surface area (TPSA) is 70.6 Å². The van der Waals surface area contributed by atoms with Gasteiger partial charge in [0.15, 0.2) is 0 Å². The van der Waals surface area contributed by atoms with Crippen LogP contribution in [0.15, 0.2) is 18.5 Å². The van der Waals surface area contributed by atoms with Crippen LogP contribution in [0.4, 0.5) is 10.7 Å². The van der Waals surface area contributed by atoms with Gasteiger partial charge in [0, 0.05) is 58.3 Å². The number of anilines is 1. The maximum Gasteiger partial charge on any atom is 0.317 e. The lowest BCUT2D eigenvalue weighted by atomic mass is 9.98. The van der Waals surface area contributed by atoms with Crippen molar-refractivity contribution in [2.75, 3.05) is 44.8 Å². The third-order valence-electron chi connectivity index (χ3n) is 4.95. The number of piperidine rings is 1. The molecule has 132 valence electrons. The molecular formula is C17H27N5O2. The molecule has 2 fully saturated rings. The Kier molecular flexibility index (Phi) is 5.85. The van der Waals surface area contributed by atoms with Crippen molar-refractivity contribution in [2.24, 2.45) is 5.92 Å². The summed E-state index contributed by atoms with van der Waals surface area (Å²) in [5.41, 5.74) is 0. The highest BCUT2D eigenvalue weighted by atomic mass is 16.5. The lowest BCUT2D eigenvalue weighted by Crippen LogP contribution is -2.48. The van der Waals surface area contributed by atoms with Gasteiger partial charge in [-0.25, -0.2) is 14.8 Å². The predicted molar refractivity (Wildman–Crippen MR) is 92.0 cm³/mol. The van der Waals surface area contributed by atoms with Crippen molar-refractivity contribution in [2.45, 2.75) is 31.7 Å². The van der Waals surface area contributed by atoms with Gasteiger partial charge < -0.3 is 19.9 Å². The van der Waals surface area contributed by atoms with Crippen molar-refractivity contribution in [3.05, 3.63) is 18.5 Å². The van der Waals surface area contributed by atoms with Crippen molar-refractivity contribution in [1.82, 2.24) is 20.2 Å². The summed E-state index contributed by atoms with van der Waals surface area (Å²) in [6.07, 6.45) is 7.63. The Bertz CT molecular complexity index is 521. The van der Waals surface area contributed by atoms with Crippen LogP contribution in [0, 0.1) is 5.92 Å². The number of hydrogen-bond acceptors (Lipinski definition) is 5. The Labute approximate surface area is 143 Å². The van der Waals surface area contributed by atoms with Crippen LogP contribution in [0.3, 0.4) is 0 Å². The molecule has 1 aromatic rings. The van der Waals surface area contributed by atoms with Crippen molar-refractivity contribution >= 4 is 12.0 Å². The summed E-state index contributed by atoms with van der Waals surface area (Å²) in [7, 11) is 1.89. The van der Waals surface area contributed by atoms with Crippen LogP contribution >= 0.6 is 0 Å². The van der Waals surface area contributed by atoms with E-state index >= 15 is 0 Å². The zero-order chi connectivity index (χ0) is 16.8. The lowest BCUT2D eigenvalue weighted by molar-refractivity contribution is 0.0524. The molecule has 7 heteroatoms. The van der Waals surface area contributed by atoms with Gasteiger partial charge >= 0.3 is 6.03 Å². The smallest absolute Gasteiger partial charge is 0.317 e. The highest BCUT2D eigenvalue weighted by Gasteiger charge is 2.25. The minimum atomic E-state index is 0.0231. The molecule has 0 saturated carbocycles. The van der Waals surface area contributed by atoms with E-state index in [0.29, 0.717) is 18.5 Å². The number of nitrogens with zero attached hydrogens (tertiary/aromatic N) is 4. The summed E-state index contributed by atoms with van der Waals surface area (Å²) in [6, 6.07) is 2.14. The molecule has 0 aromatic carbocycles. The SMILES string of the molecule is CN(C(=O)NC[C@@H]1CCCN(c2ncccn2)C1)C1CCOCC1. The Morgan fingerprint density at radius 2 is 2.08 bits per heavy atom. The second-order valence-electron chi connectivity index (χ2n) is 6.64. The van der Waals surface area contributed by atoms with E-state index in [9.17, 15) is 4.79 Å². The third kappa shape index (κ3) is 4.35. The largest absolute Gasteiger partial charge is 0.381 e. The van der Waals surface area contributed by atoms with Crippen molar-refractivity contribution in [3.63, 3.8) is 0 Å². The first-order chi connectivity index (χ1) is 11.7. The molecule has 3 rings (SSSR count). The van der Waals surface area contributed by atoms with Gasteiger partial charge in [0.05, 0.1) is 0 Å². The Morgan fingerprint density at radius 3 is 2.83 bits per heavy atom. The van der Waals surface area contributed by atoms with E-state index in [0.717, 1.165) is 57.9 Å². The molecule has 2 aliphatic heterocycles. The van der Waals surface area contributed by atoms with Crippen molar-refractivity contribution < 1.29 is 9.53 Å². The summed E-state index contributed by atoms with van der Waals surface area (Å²) in [4.78, 5) is 25.1. The summed E-state index contributed by atoms with van der Waals surface area (Å²) in [6.45, 7) is 4.07. The number of carbonyl (C=O) groups excluding carboxylic acids is 1. The Morgan fingerprint density at radius 1 is 1.33 bits per heavy atom. The van der Waals surface area contributed by atoms with Gasteiger partial charge in [0.2, 0.25) is 5.95 Å². The summed E-state index contributed by atoms with van der Waals surface area (Å²) >= 11 is 0. The zero-order valence-electron chi connectivity index (χ0n) is 14.4. The number of ether oxygens (including phenoxy) is 1. The lowest BCUT2D eigenvalue weighted by Gasteiger charge is -2.34. The minimum absolute atomic E-state index is 0.0231. The predicted octanol–water partition coefficient (Wildman–Crippen LogP) is 1.51. The second-order valence-corrected chi connectivity index (χ2v) is 6.64. The number of urea groups is 1. The normalized spacial score (nSPS) is 22.2. The van der Waals surface area contributed by atoms with E-state index in [-0.39, 0.29) is 6.03 Å². The minimum Gasteiger partial charge on any atom is -0.381 e. The van der Waals surface area contributed by atoms with Crippen LogP contribution in [-0.4, -0.2) is 66.8 Å². The molecule has 0 radical (unpaired) electrons. The molecule has 7 nitrogen and oxygen atoms in total. The second kappa shape index (κ2) is 8.28. The van der Waals surface area contributed by atoms with E-state index in [4.69, 9.17) is 4.74 Å². The molecule has 2 amide bonds. The van der Waals surface area contributed by atoms with E-state index in [1.807, 2.05) is 18.0 Å². The molecule has 0 unspecified atom stereocenters. The first-order valence-electron chi connectivity index (χ1n) is 8.84. The van der Waals surface area contributed by atoms with E-state index < -0.39 is 0 Å². The highest BCUT2D eigenvalue weighted by Crippen LogP contribution is 2.19. The molecule has 1 N–H and O–H groups in total. The molecule has 24 heavy (non-hydrogen) atoms. The molecule has 2 saturated heterocycles. The number of carbonyl (C=O) groups is 1. The first kappa shape index (κ1) is 17.0. The Hall–Kier alpha value is -1.89. The highest BCUT2D eigenvalue weighted by molar-refractivity contribution is 5.74. The van der Waals surface area contributed by atoms with Gasteiger partial charge in [-0.1, -0.05) is 0 Å². The number of nitrogens with one attached hydrogen (secondary N) is 1. The number of aromatic nitrogens is 2. The molecule has 1 atom stereocenters. The molecule has 0 bridgehead atoms. The standard InChI is InChI=1S/C17H27N5O2/c1-21(15-5-10-24-11-6-15)17(23)20-12-14-4-2-9-22(13-14)16-18-7-3-8-19-16/h3,7-8,14-15H,2,4-6,9-13H2,1H3,(H,20,23)/t14-/m0/s1. The number of amides is 2. The zero-order valence-corrected chi connectivity index (χ0v) is 14.4. The first-order valence-corrected chi connectivity index (χ1v) is 8.84. The fourth-order valence-corrected chi connectivity index (χ4v) is 3.46. The fraction of sp³-hybridized carbons (Fsp3) is 0.706. The van der Waals surface area contributed by atoms with Crippen molar-refractivity contribution in [3.8, 4) is 0 Å². The average molecular weight is 333 g/mol. The average Bonchev–Trinajstić information content (AvgIpc) is 2.67. The van der Waals surface area contributed by atoms with Crippen LogP contribution in [-0.2, 0) is 4.74 Å². The van der Waals surface area contributed by atoms with Crippen molar-refractivity contribution in [1.29, 1.82) is 0 Å². The third-order valence-corrected chi connectivity index (χ3v) is 4.95. The van der Waals surface area contributed by atoms with Gasteiger partial charge in [0.1, 0.15) is 0 Å². The summed E-state index contributed by atoms with van der Waals surface area (Å²) in [5.74, 6) is 1.22. The molecule has 1 aromatic heterocycles. The quantitative estimate of drug-likeness (QED) is 0.904. The maximum atomic E-state index is 12.4. The van der Waals surface area contributed by atoms with Gasteiger partial charge in [0.25, 0.3) is 0 Å². The summed E-state index contributed by atoms with van der Waals surface area (Å²) in [5, 5.41) is 3.10. The molecule has 0 spiro atoms. The fourth-order valence-electron chi connectivity index (χ4n) is 3.46. The van der Waals surface area contributed by atoms with Gasteiger partial charge in [-0.05, 0) is 37.7 Å². The maximum absolute atomic E-state index is 12.4. The summed E-state index contributed by atoms with van der Waals surface area (Å²) < 4.78 is 5.36. The number of rotatable bonds is 4. The monoisotopic (exact) mass is 333 g/mol.